The van der Waals surface area contributed by atoms with Crippen molar-refractivity contribution in [1.29, 1.82) is 0 Å². The molecule has 4 N–H and O–H groups in total. The van der Waals surface area contributed by atoms with Crippen molar-refractivity contribution in [3.8, 4) is 0 Å². The lowest BCUT2D eigenvalue weighted by Gasteiger charge is -2.18. The summed E-state index contributed by atoms with van der Waals surface area (Å²) in [5, 5.41) is 34.7. The molecular weight excluding hydrogens is 422 g/mol. The Morgan fingerprint density at radius 1 is 0.645 bits per heavy atom. The quantitative estimate of drug-likeness (QED) is 0.127. The molecule has 0 heterocycles. The van der Waals surface area contributed by atoms with Crippen LogP contribution in [0.4, 0.5) is 0 Å². The van der Waals surface area contributed by atoms with Crippen molar-refractivity contribution in [2.45, 2.75) is 0 Å². The van der Waals surface area contributed by atoms with Gasteiger partial charge in [0.1, 0.15) is 0 Å². The Labute approximate surface area is 179 Å². The summed E-state index contributed by atoms with van der Waals surface area (Å²) in [5.41, 5.74) is 0. The van der Waals surface area contributed by atoms with Crippen LogP contribution in [0.1, 0.15) is 0 Å². The predicted molar refractivity (Wildman–Crippen MR) is 105 cm³/mol. The summed E-state index contributed by atoms with van der Waals surface area (Å²) < 4.78 is 10.4. The highest BCUT2D eigenvalue weighted by Crippen LogP contribution is 1.92. The number of rotatable bonds is 18. The van der Waals surface area contributed by atoms with Crippen LogP contribution in [0.2, 0.25) is 0 Å². The molecule has 0 rings (SSSR count). The average molecular weight is 453 g/mol. The predicted octanol–water partition coefficient (Wildman–Crippen LogP) is -2.33. The fraction of sp³-hybridized carbons (Fsp3) is 0.706. The van der Waals surface area contributed by atoms with Crippen LogP contribution in [0.5, 0.6) is 0 Å². The summed E-state index contributed by atoms with van der Waals surface area (Å²) in [4.78, 5) is 55.8. The largest absolute Gasteiger partial charge is 0.480 e. The monoisotopic (exact) mass is 453 g/mol. The van der Waals surface area contributed by atoms with E-state index in [-0.39, 0.29) is 39.5 Å². The van der Waals surface area contributed by atoms with E-state index < -0.39 is 50.1 Å². The Bertz CT molecular complexity index is 483. The zero-order valence-corrected chi connectivity index (χ0v) is 17.6. The first-order valence-electron chi connectivity index (χ1n) is 9.07. The van der Waals surface area contributed by atoms with E-state index in [2.05, 4.69) is 0 Å². The van der Waals surface area contributed by atoms with Gasteiger partial charge in [0.25, 0.3) is 0 Å². The molecule has 0 aromatic heterocycles. The molecule has 0 fully saturated rings. The van der Waals surface area contributed by atoms with E-state index in [1.54, 1.807) is 14.1 Å². The van der Waals surface area contributed by atoms with Gasteiger partial charge in [-0.1, -0.05) is 0 Å². The molecule has 31 heavy (non-hydrogen) atoms. The van der Waals surface area contributed by atoms with Crippen LogP contribution >= 0.6 is 0 Å². The van der Waals surface area contributed by atoms with Gasteiger partial charge in [0, 0.05) is 27.2 Å². The van der Waals surface area contributed by atoms with Gasteiger partial charge in [-0.15, -0.1) is 0 Å². The molecular formula is C17H31N3O11. The summed E-state index contributed by atoms with van der Waals surface area (Å²) in [6.07, 6.45) is 0.750. The molecule has 0 aromatic carbocycles. The lowest BCUT2D eigenvalue weighted by Crippen LogP contribution is -2.37. The Morgan fingerprint density at radius 3 is 1.10 bits per heavy atom. The van der Waals surface area contributed by atoms with E-state index in [0.29, 0.717) is 0 Å². The lowest BCUT2D eigenvalue weighted by atomic mass is 10.4. The average Bonchev–Trinajstić information content (AvgIpc) is 2.62. The van der Waals surface area contributed by atoms with Crippen molar-refractivity contribution in [3.63, 3.8) is 0 Å². The molecule has 0 aliphatic carbocycles. The molecule has 180 valence electrons. The maximum atomic E-state index is 10.6. The number of carboxylic acids is 4. The fourth-order valence-corrected chi connectivity index (χ4v) is 1.90. The van der Waals surface area contributed by atoms with E-state index >= 15 is 0 Å². The van der Waals surface area contributed by atoms with Crippen LogP contribution < -0.4 is 0 Å². The smallest absolute Gasteiger partial charge is 0.317 e. The molecule has 0 bridgehead atoms. The summed E-state index contributed by atoms with van der Waals surface area (Å²) in [6.45, 7) is -0.790. The van der Waals surface area contributed by atoms with Gasteiger partial charge in [0.15, 0.2) is 0 Å². The fourth-order valence-electron chi connectivity index (χ4n) is 1.90. The number of aliphatic carboxylic acids is 4. The van der Waals surface area contributed by atoms with Crippen LogP contribution in [0.15, 0.2) is 0 Å². The van der Waals surface area contributed by atoms with E-state index in [9.17, 15) is 24.0 Å². The molecule has 0 aliphatic heterocycles. The SMILES string of the molecule is CN(C)C=O.O=C(O)CN(CCOCCOCCN(CC(=O)O)CC(=O)O)CC(=O)O. The molecule has 14 nitrogen and oxygen atoms in total. The second-order valence-corrected chi connectivity index (χ2v) is 6.29. The van der Waals surface area contributed by atoms with Gasteiger partial charge in [-0.3, -0.25) is 33.8 Å². The van der Waals surface area contributed by atoms with Crippen molar-refractivity contribution < 1.29 is 53.9 Å². The van der Waals surface area contributed by atoms with E-state index in [1.807, 2.05) is 0 Å². The van der Waals surface area contributed by atoms with Crippen molar-refractivity contribution in [2.24, 2.45) is 0 Å². The third kappa shape index (κ3) is 25.2. The second kappa shape index (κ2) is 19.2. The van der Waals surface area contributed by atoms with Crippen molar-refractivity contribution in [3.05, 3.63) is 0 Å². The van der Waals surface area contributed by atoms with Gasteiger partial charge in [-0.25, -0.2) is 0 Å². The highest BCUT2D eigenvalue weighted by Gasteiger charge is 2.14. The summed E-state index contributed by atoms with van der Waals surface area (Å²) in [6, 6.07) is 0. The van der Waals surface area contributed by atoms with Crippen molar-refractivity contribution >= 4 is 30.3 Å². The molecule has 0 aromatic rings. The summed E-state index contributed by atoms with van der Waals surface area (Å²) >= 11 is 0. The number of carbonyl (C=O) groups excluding carboxylic acids is 1. The number of carboxylic acid groups (broad SMARTS) is 4. The topological polar surface area (TPSA) is 194 Å². The van der Waals surface area contributed by atoms with Gasteiger partial charge < -0.3 is 34.8 Å². The third-order valence-electron chi connectivity index (χ3n) is 3.12. The molecule has 14 heteroatoms. The van der Waals surface area contributed by atoms with E-state index in [1.165, 1.54) is 14.7 Å². The number of nitrogens with zero attached hydrogens (tertiary/aromatic N) is 3. The Morgan fingerprint density at radius 2 is 0.903 bits per heavy atom. The molecule has 0 aliphatic rings. The Kier molecular flexibility index (Phi) is 18.8. The number of hydrogen-bond acceptors (Lipinski definition) is 9. The normalized spacial score (nSPS) is 10.3. The highest BCUT2D eigenvalue weighted by atomic mass is 16.5. The van der Waals surface area contributed by atoms with Gasteiger partial charge in [0.05, 0.1) is 52.6 Å². The molecule has 0 saturated carbocycles. The van der Waals surface area contributed by atoms with Crippen LogP contribution in [-0.2, 0) is 33.4 Å². The maximum absolute atomic E-state index is 10.6. The maximum Gasteiger partial charge on any atom is 0.317 e. The van der Waals surface area contributed by atoms with Gasteiger partial charge >= 0.3 is 23.9 Å². The van der Waals surface area contributed by atoms with Crippen LogP contribution in [0, 0.1) is 0 Å². The summed E-state index contributed by atoms with van der Waals surface area (Å²) in [5.74, 6) is -4.55. The van der Waals surface area contributed by atoms with Crippen molar-refractivity contribution in [1.82, 2.24) is 14.7 Å². The standard InChI is InChI=1S/C14H24N2O10.C3H7NO/c17-11(18)7-15(8-12(19)20)1-3-25-5-6-26-4-2-16(9-13(21)22)10-14(23)24;1-4(2)3-5/h1-10H2,(H,17,18)(H,19,20)(H,21,22)(H,23,24);3H,1-2H3. The first kappa shape index (κ1) is 30.4. The molecule has 0 radical (unpaired) electrons. The third-order valence-corrected chi connectivity index (χ3v) is 3.12. The zero-order valence-electron chi connectivity index (χ0n) is 17.6. The van der Waals surface area contributed by atoms with Gasteiger partial charge in [-0.2, -0.15) is 0 Å². The molecule has 1 amide bonds. The lowest BCUT2D eigenvalue weighted by molar-refractivity contribution is -0.144. The van der Waals surface area contributed by atoms with Crippen LogP contribution in [0.25, 0.3) is 0 Å². The second-order valence-electron chi connectivity index (χ2n) is 6.29. The number of carbonyl (C=O) groups is 5. The first-order chi connectivity index (χ1) is 14.5. The van der Waals surface area contributed by atoms with Gasteiger partial charge in [0.2, 0.25) is 6.41 Å². The summed E-state index contributed by atoms with van der Waals surface area (Å²) in [7, 11) is 3.38. The van der Waals surface area contributed by atoms with E-state index in [4.69, 9.17) is 29.9 Å². The molecule has 0 saturated heterocycles. The first-order valence-corrected chi connectivity index (χ1v) is 9.07. The molecule has 0 atom stereocenters. The Balaban J connectivity index is 0. The molecule has 0 unspecified atom stereocenters. The minimum Gasteiger partial charge on any atom is -0.480 e. The van der Waals surface area contributed by atoms with Gasteiger partial charge in [-0.05, 0) is 0 Å². The number of ether oxygens (including phenoxy) is 2. The number of amides is 1. The minimum atomic E-state index is -1.14. The number of hydrogen-bond donors (Lipinski definition) is 4. The minimum absolute atomic E-state index is 0.119. The molecule has 0 spiro atoms. The Hall–Kier alpha value is -2.81. The van der Waals surface area contributed by atoms with Crippen LogP contribution in [0.3, 0.4) is 0 Å². The van der Waals surface area contributed by atoms with Crippen molar-refractivity contribution in [2.75, 3.05) is 79.8 Å². The highest BCUT2D eigenvalue weighted by molar-refractivity contribution is 5.73. The van der Waals surface area contributed by atoms with Crippen LogP contribution in [-0.4, -0.2) is 145 Å². The van der Waals surface area contributed by atoms with E-state index in [0.717, 1.165) is 6.41 Å². The zero-order chi connectivity index (χ0) is 24.2.